The van der Waals surface area contributed by atoms with Gasteiger partial charge in [-0.3, -0.25) is 10.1 Å². The maximum Gasteiger partial charge on any atom is 0.319 e. The number of nitrogens with zero attached hydrogens (tertiary/aromatic N) is 3. The molecule has 98 valence electrons. The summed E-state index contributed by atoms with van der Waals surface area (Å²) in [5.74, 6) is 0. The van der Waals surface area contributed by atoms with Gasteiger partial charge < -0.3 is 0 Å². The lowest BCUT2D eigenvalue weighted by molar-refractivity contribution is -0.388. The Morgan fingerprint density at radius 1 is 1.32 bits per heavy atom. The fourth-order valence-electron chi connectivity index (χ4n) is 1.43. The second-order valence-electron chi connectivity index (χ2n) is 3.93. The number of benzene rings is 1. The predicted octanol–water partition coefficient (Wildman–Crippen LogP) is 3.81. The third kappa shape index (κ3) is 3.21. The number of nitro groups is 1. The number of hydrogen-bond donors (Lipinski definition) is 0. The van der Waals surface area contributed by atoms with Gasteiger partial charge in [0.05, 0.1) is 4.92 Å². The highest BCUT2D eigenvalue weighted by Crippen LogP contribution is 2.33. The van der Waals surface area contributed by atoms with Crippen molar-refractivity contribution < 1.29 is 4.92 Å². The molecule has 1 aromatic carbocycles. The molecule has 0 bridgehead atoms. The van der Waals surface area contributed by atoms with Crippen molar-refractivity contribution in [2.45, 2.75) is 23.8 Å². The molecule has 0 N–H and O–H groups in total. The van der Waals surface area contributed by atoms with E-state index in [4.69, 9.17) is 11.6 Å². The van der Waals surface area contributed by atoms with E-state index in [0.29, 0.717) is 0 Å². The van der Waals surface area contributed by atoms with E-state index in [-0.39, 0.29) is 16.0 Å². The molecule has 0 aliphatic rings. The van der Waals surface area contributed by atoms with Crippen LogP contribution in [0.25, 0.3) is 0 Å². The Kier molecular flexibility index (Phi) is 4.01. The molecule has 0 saturated heterocycles. The molecular formula is C12H10ClN3O2S. The minimum Gasteiger partial charge on any atom is -0.258 e. The van der Waals surface area contributed by atoms with Crippen molar-refractivity contribution in [2.24, 2.45) is 0 Å². The highest BCUT2D eigenvalue weighted by Gasteiger charge is 2.18. The first-order valence-electron chi connectivity index (χ1n) is 5.39. The summed E-state index contributed by atoms with van der Waals surface area (Å²) in [6, 6.07) is 5.82. The zero-order chi connectivity index (χ0) is 14.0. The molecule has 19 heavy (non-hydrogen) atoms. The highest BCUT2D eigenvalue weighted by atomic mass is 35.5. The molecule has 0 fully saturated rings. The highest BCUT2D eigenvalue weighted by molar-refractivity contribution is 7.99. The molecule has 0 saturated carbocycles. The van der Waals surface area contributed by atoms with E-state index < -0.39 is 4.92 Å². The lowest BCUT2D eigenvalue weighted by Crippen LogP contribution is -1.95. The Morgan fingerprint density at radius 2 is 2.05 bits per heavy atom. The lowest BCUT2D eigenvalue weighted by atomic mass is 10.1. The molecular weight excluding hydrogens is 286 g/mol. The zero-order valence-corrected chi connectivity index (χ0v) is 11.8. The smallest absolute Gasteiger partial charge is 0.258 e. The van der Waals surface area contributed by atoms with Crippen molar-refractivity contribution in [1.82, 2.24) is 9.97 Å². The van der Waals surface area contributed by atoms with Gasteiger partial charge in [0, 0.05) is 4.90 Å². The minimum atomic E-state index is -0.514. The first kappa shape index (κ1) is 13.8. The van der Waals surface area contributed by atoms with E-state index in [1.54, 1.807) is 0 Å². The van der Waals surface area contributed by atoms with Gasteiger partial charge in [-0.15, -0.1) is 0 Å². The molecule has 0 spiro atoms. The molecule has 1 aromatic heterocycles. The summed E-state index contributed by atoms with van der Waals surface area (Å²) in [4.78, 5) is 18.8. The van der Waals surface area contributed by atoms with E-state index in [2.05, 4.69) is 9.97 Å². The topological polar surface area (TPSA) is 68.9 Å². The van der Waals surface area contributed by atoms with Crippen LogP contribution in [0.15, 0.2) is 34.3 Å². The fourth-order valence-corrected chi connectivity index (χ4v) is 2.57. The number of aryl methyl sites for hydroxylation is 2. The second kappa shape index (κ2) is 5.54. The number of halogens is 1. The van der Waals surface area contributed by atoms with Crippen LogP contribution < -0.4 is 0 Å². The summed E-state index contributed by atoms with van der Waals surface area (Å²) in [6.07, 6.45) is 1.12. The first-order valence-corrected chi connectivity index (χ1v) is 6.59. The van der Waals surface area contributed by atoms with Gasteiger partial charge in [0.25, 0.3) is 0 Å². The van der Waals surface area contributed by atoms with Crippen LogP contribution >= 0.6 is 23.4 Å². The van der Waals surface area contributed by atoms with Gasteiger partial charge in [-0.1, -0.05) is 17.8 Å². The van der Waals surface area contributed by atoms with Crippen LogP contribution in [0.5, 0.6) is 0 Å². The maximum atomic E-state index is 10.9. The van der Waals surface area contributed by atoms with Crippen LogP contribution in [0.3, 0.4) is 0 Å². The van der Waals surface area contributed by atoms with Gasteiger partial charge in [0.15, 0.2) is 5.03 Å². The first-order chi connectivity index (χ1) is 8.97. The van der Waals surface area contributed by atoms with E-state index in [1.807, 2.05) is 32.0 Å². The van der Waals surface area contributed by atoms with Gasteiger partial charge in [-0.2, -0.15) is 0 Å². The van der Waals surface area contributed by atoms with Crippen LogP contribution in [0, 0.1) is 24.0 Å². The Labute approximate surface area is 119 Å². The van der Waals surface area contributed by atoms with Crippen molar-refractivity contribution in [1.29, 1.82) is 0 Å². The lowest BCUT2D eigenvalue weighted by Gasteiger charge is -2.05. The summed E-state index contributed by atoms with van der Waals surface area (Å²) in [6.45, 7) is 3.99. The van der Waals surface area contributed by atoms with Crippen LogP contribution in [0.2, 0.25) is 5.28 Å². The van der Waals surface area contributed by atoms with E-state index in [0.717, 1.165) is 16.7 Å². The fraction of sp³-hybridized carbons (Fsp3) is 0.167. The molecule has 2 rings (SSSR count). The van der Waals surface area contributed by atoms with Crippen LogP contribution in [0.4, 0.5) is 5.69 Å². The molecule has 7 heteroatoms. The van der Waals surface area contributed by atoms with E-state index in [1.165, 1.54) is 17.3 Å². The zero-order valence-electron chi connectivity index (χ0n) is 10.3. The summed E-state index contributed by atoms with van der Waals surface area (Å²) in [5, 5.41) is 11.2. The Morgan fingerprint density at radius 3 is 2.68 bits per heavy atom. The third-order valence-electron chi connectivity index (χ3n) is 2.60. The molecule has 0 aliphatic carbocycles. The number of rotatable bonds is 3. The predicted molar refractivity (Wildman–Crippen MR) is 73.7 cm³/mol. The van der Waals surface area contributed by atoms with Crippen molar-refractivity contribution in [2.75, 3.05) is 0 Å². The molecule has 0 radical (unpaired) electrons. The monoisotopic (exact) mass is 295 g/mol. The summed E-state index contributed by atoms with van der Waals surface area (Å²) >= 11 is 6.89. The maximum absolute atomic E-state index is 10.9. The third-order valence-corrected chi connectivity index (χ3v) is 3.76. The van der Waals surface area contributed by atoms with Gasteiger partial charge in [0.2, 0.25) is 5.28 Å². The van der Waals surface area contributed by atoms with Crippen molar-refractivity contribution in [3.63, 3.8) is 0 Å². The van der Waals surface area contributed by atoms with Gasteiger partial charge >= 0.3 is 5.69 Å². The SMILES string of the molecule is Cc1ccc(Sc2nc(Cl)ncc2[N+](=O)[O-])cc1C. The number of aromatic nitrogens is 2. The average Bonchev–Trinajstić information content (AvgIpc) is 2.33. The molecule has 0 amide bonds. The van der Waals surface area contributed by atoms with Crippen LogP contribution in [-0.4, -0.2) is 14.9 Å². The Balaban J connectivity index is 2.39. The largest absolute Gasteiger partial charge is 0.319 e. The second-order valence-corrected chi connectivity index (χ2v) is 5.33. The van der Waals surface area contributed by atoms with Gasteiger partial charge in [-0.05, 0) is 48.7 Å². The van der Waals surface area contributed by atoms with Crippen LogP contribution in [0.1, 0.15) is 11.1 Å². The Hall–Kier alpha value is -1.66. The van der Waals surface area contributed by atoms with E-state index in [9.17, 15) is 10.1 Å². The van der Waals surface area contributed by atoms with Crippen molar-refractivity contribution in [3.05, 3.63) is 50.9 Å². The molecule has 0 atom stereocenters. The molecule has 0 unspecified atom stereocenters. The summed E-state index contributed by atoms with van der Waals surface area (Å²) in [5.41, 5.74) is 2.14. The quantitative estimate of drug-likeness (QED) is 0.373. The minimum absolute atomic E-state index is 0.00284. The normalized spacial score (nSPS) is 10.5. The summed E-state index contributed by atoms with van der Waals surface area (Å²) in [7, 11) is 0. The molecule has 1 heterocycles. The van der Waals surface area contributed by atoms with E-state index >= 15 is 0 Å². The average molecular weight is 296 g/mol. The molecule has 2 aromatic rings. The molecule has 0 aliphatic heterocycles. The Bertz CT molecular complexity index is 649. The van der Waals surface area contributed by atoms with Crippen molar-refractivity contribution >= 4 is 29.1 Å². The summed E-state index contributed by atoms with van der Waals surface area (Å²) < 4.78 is 0. The standard InChI is InChI=1S/C12H10ClN3O2S/c1-7-3-4-9(5-8(7)2)19-11-10(16(17)18)6-14-12(13)15-11/h3-6H,1-2H3. The molecule has 5 nitrogen and oxygen atoms in total. The van der Waals surface area contributed by atoms with Crippen molar-refractivity contribution in [3.8, 4) is 0 Å². The number of hydrogen-bond acceptors (Lipinski definition) is 5. The van der Waals surface area contributed by atoms with Crippen LogP contribution in [-0.2, 0) is 0 Å². The van der Waals surface area contributed by atoms with Gasteiger partial charge in [0.1, 0.15) is 6.20 Å². The van der Waals surface area contributed by atoms with Gasteiger partial charge in [-0.25, -0.2) is 9.97 Å².